The molecule has 2 aromatic rings. The van der Waals surface area contributed by atoms with Crippen LogP contribution in [0.2, 0.25) is 0 Å². The van der Waals surface area contributed by atoms with Gasteiger partial charge in [-0.3, -0.25) is 4.79 Å². The van der Waals surface area contributed by atoms with Gasteiger partial charge in [0.2, 0.25) is 0 Å². The number of methoxy groups -OCH3 is 2. The number of para-hydroxylation sites is 1. The van der Waals surface area contributed by atoms with Crippen molar-refractivity contribution in [3.05, 3.63) is 53.6 Å². The van der Waals surface area contributed by atoms with Crippen LogP contribution in [0.1, 0.15) is 23.6 Å². The minimum atomic E-state index is -0.133. The van der Waals surface area contributed by atoms with Gasteiger partial charge in [0, 0.05) is 0 Å². The van der Waals surface area contributed by atoms with Gasteiger partial charge in [-0.05, 0) is 48.2 Å². The Kier molecular flexibility index (Phi) is 4.89. The standard InChI is InChI=1S/C19H21NO4/c1-22-17-10-13-8-9-16(15(13)11-18(17)23-2)20-19(21)12-24-14-6-4-3-5-7-14/h3-7,10-11,16H,8-9,12H2,1-2H3,(H,20,21). The van der Waals surface area contributed by atoms with Gasteiger partial charge in [-0.15, -0.1) is 0 Å². The van der Waals surface area contributed by atoms with Crippen LogP contribution < -0.4 is 19.5 Å². The largest absolute Gasteiger partial charge is 0.493 e. The summed E-state index contributed by atoms with van der Waals surface area (Å²) in [5.41, 5.74) is 2.27. The van der Waals surface area contributed by atoms with Crippen molar-refractivity contribution < 1.29 is 19.0 Å². The van der Waals surface area contributed by atoms with E-state index in [0.29, 0.717) is 11.5 Å². The Labute approximate surface area is 141 Å². The first-order chi connectivity index (χ1) is 11.7. The van der Waals surface area contributed by atoms with E-state index in [1.54, 1.807) is 14.2 Å². The lowest BCUT2D eigenvalue weighted by Crippen LogP contribution is -2.31. The minimum Gasteiger partial charge on any atom is -0.493 e. The zero-order valence-corrected chi connectivity index (χ0v) is 13.9. The first-order valence-electron chi connectivity index (χ1n) is 7.93. The third-order valence-corrected chi connectivity index (χ3v) is 4.17. The van der Waals surface area contributed by atoms with Gasteiger partial charge in [-0.25, -0.2) is 0 Å². The van der Waals surface area contributed by atoms with Crippen LogP contribution in [0.3, 0.4) is 0 Å². The Morgan fingerprint density at radius 1 is 1.12 bits per heavy atom. The number of ether oxygens (including phenoxy) is 3. The van der Waals surface area contributed by atoms with Gasteiger partial charge in [-0.1, -0.05) is 18.2 Å². The molecule has 0 spiro atoms. The van der Waals surface area contributed by atoms with E-state index in [0.717, 1.165) is 24.2 Å². The van der Waals surface area contributed by atoms with Crippen molar-refractivity contribution in [1.29, 1.82) is 0 Å². The quantitative estimate of drug-likeness (QED) is 0.886. The number of aryl methyl sites for hydroxylation is 1. The molecule has 0 saturated carbocycles. The summed E-state index contributed by atoms with van der Waals surface area (Å²) in [7, 11) is 3.24. The number of amides is 1. The van der Waals surface area contributed by atoms with Crippen molar-refractivity contribution in [1.82, 2.24) is 5.32 Å². The van der Waals surface area contributed by atoms with Gasteiger partial charge in [0.25, 0.3) is 5.91 Å². The number of carbonyl (C=O) groups excluding carboxylic acids is 1. The molecule has 1 unspecified atom stereocenters. The molecular formula is C19H21NO4. The van der Waals surface area contributed by atoms with Crippen molar-refractivity contribution in [2.75, 3.05) is 20.8 Å². The molecule has 24 heavy (non-hydrogen) atoms. The molecule has 0 radical (unpaired) electrons. The molecule has 1 amide bonds. The number of benzene rings is 2. The van der Waals surface area contributed by atoms with E-state index < -0.39 is 0 Å². The molecule has 0 heterocycles. The molecule has 1 aliphatic rings. The predicted octanol–water partition coefficient (Wildman–Crippen LogP) is 2.89. The zero-order valence-electron chi connectivity index (χ0n) is 13.9. The van der Waals surface area contributed by atoms with Gasteiger partial charge in [0.1, 0.15) is 5.75 Å². The highest BCUT2D eigenvalue weighted by Crippen LogP contribution is 2.39. The lowest BCUT2D eigenvalue weighted by atomic mass is 10.1. The molecule has 1 atom stereocenters. The van der Waals surface area contributed by atoms with Gasteiger partial charge in [0.15, 0.2) is 18.1 Å². The number of hydrogen-bond acceptors (Lipinski definition) is 4. The third-order valence-electron chi connectivity index (χ3n) is 4.17. The summed E-state index contributed by atoms with van der Waals surface area (Å²) in [5, 5.41) is 3.03. The maximum atomic E-state index is 12.2. The number of hydrogen-bond donors (Lipinski definition) is 1. The molecule has 1 N–H and O–H groups in total. The molecule has 2 aromatic carbocycles. The normalized spacial score (nSPS) is 15.5. The summed E-state index contributed by atoms with van der Waals surface area (Å²) in [6.07, 6.45) is 1.77. The van der Waals surface area contributed by atoms with E-state index in [1.807, 2.05) is 42.5 Å². The molecule has 5 nitrogen and oxygen atoms in total. The van der Waals surface area contributed by atoms with Crippen molar-refractivity contribution in [3.63, 3.8) is 0 Å². The summed E-state index contributed by atoms with van der Waals surface area (Å²) >= 11 is 0. The van der Waals surface area contributed by atoms with Gasteiger partial charge in [0.05, 0.1) is 20.3 Å². The van der Waals surface area contributed by atoms with E-state index in [4.69, 9.17) is 14.2 Å². The predicted molar refractivity (Wildman–Crippen MR) is 90.7 cm³/mol. The average molecular weight is 327 g/mol. The van der Waals surface area contributed by atoms with Crippen LogP contribution in [0.25, 0.3) is 0 Å². The fourth-order valence-corrected chi connectivity index (χ4v) is 2.98. The van der Waals surface area contributed by atoms with E-state index >= 15 is 0 Å². The number of nitrogens with one attached hydrogen (secondary N) is 1. The molecule has 0 aliphatic heterocycles. The second-order valence-electron chi connectivity index (χ2n) is 5.67. The average Bonchev–Trinajstić information content (AvgIpc) is 3.01. The fourth-order valence-electron chi connectivity index (χ4n) is 2.98. The van der Waals surface area contributed by atoms with E-state index in [2.05, 4.69) is 5.32 Å². The van der Waals surface area contributed by atoms with Gasteiger partial charge in [-0.2, -0.15) is 0 Å². The van der Waals surface area contributed by atoms with Crippen LogP contribution >= 0.6 is 0 Å². The van der Waals surface area contributed by atoms with Crippen molar-refractivity contribution in [3.8, 4) is 17.2 Å². The second kappa shape index (κ2) is 7.25. The zero-order chi connectivity index (χ0) is 16.9. The van der Waals surface area contributed by atoms with Crippen molar-refractivity contribution >= 4 is 5.91 Å². The first kappa shape index (κ1) is 16.2. The lowest BCUT2D eigenvalue weighted by Gasteiger charge is -2.16. The fraction of sp³-hybridized carbons (Fsp3) is 0.316. The highest BCUT2D eigenvalue weighted by atomic mass is 16.5. The molecular weight excluding hydrogens is 306 g/mol. The maximum Gasteiger partial charge on any atom is 0.258 e. The molecule has 3 rings (SSSR count). The summed E-state index contributed by atoms with van der Waals surface area (Å²) in [4.78, 5) is 12.2. The van der Waals surface area contributed by atoms with Crippen LogP contribution in [-0.2, 0) is 11.2 Å². The van der Waals surface area contributed by atoms with Crippen LogP contribution in [0.4, 0.5) is 0 Å². The number of fused-ring (bicyclic) bond motifs is 1. The molecule has 0 bridgehead atoms. The maximum absolute atomic E-state index is 12.2. The van der Waals surface area contributed by atoms with E-state index in [1.165, 1.54) is 5.56 Å². The van der Waals surface area contributed by atoms with Gasteiger partial charge >= 0.3 is 0 Å². The molecule has 5 heteroatoms. The molecule has 0 saturated heterocycles. The van der Waals surface area contributed by atoms with E-state index in [-0.39, 0.29) is 18.6 Å². The van der Waals surface area contributed by atoms with Crippen molar-refractivity contribution in [2.45, 2.75) is 18.9 Å². The SMILES string of the molecule is COc1cc2c(cc1OC)C(NC(=O)COc1ccccc1)CC2. The lowest BCUT2D eigenvalue weighted by molar-refractivity contribution is -0.123. The molecule has 0 fully saturated rings. The minimum absolute atomic E-state index is 0.00311. The van der Waals surface area contributed by atoms with Crippen LogP contribution in [-0.4, -0.2) is 26.7 Å². The third kappa shape index (κ3) is 3.45. The summed E-state index contributed by atoms with van der Waals surface area (Å²) in [5.74, 6) is 1.95. The highest BCUT2D eigenvalue weighted by molar-refractivity contribution is 5.78. The first-order valence-corrected chi connectivity index (χ1v) is 7.93. The number of rotatable bonds is 6. The summed E-state index contributed by atoms with van der Waals surface area (Å²) in [6.45, 7) is 0.00311. The second-order valence-corrected chi connectivity index (χ2v) is 5.67. The van der Waals surface area contributed by atoms with Gasteiger partial charge < -0.3 is 19.5 Å². The monoisotopic (exact) mass is 327 g/mol. The van der Waals surface area contributed by atoms with Crippen molar-refractivity contribution in [2.24, 2.45) is 0 Å². The van der Waals surface area contributed by atoms with Crippen LogP contribution in [0.5, 0.6) is 17.2 Å². The molecule has 0 aromatic heterocycles. The Morgan fingerprint density at radius 3 is 2.54 bits per heavy atom. The molecule has 126 valence electrons. The molecule has 1 aliphatic carbocycles. The summed E-state index contributed by atoms with van der Waals surface area (Å²) in [6, 6.07) is 13.2. The Morgan fingerprint density at radius 2 is 1.83 bits per heavy atom. The van der Waals surface area contributed by atoms with E-state index in [9.17, 15) is 4.79 Å². The Hall–Kier alpha value is -2.69. The number of carbonyl (C=O) groups is 1. The Bertz CT molecular complexity index is 715. The van der Waals surface area contributed by atoms with Crippen LogP contribution in [0.15, 0.2) is 42.5 Å². The highest BCUT2D eigenvalue weighted by Gasteiger charge is 2.26. The topological polar surface area (TPSA) is 56.8 Å². The Balaban J connectivity index is 1.64. The smallest absolute Gasteiger partial charge is 0.258 e. The summed E-state index contributed by atoms with van der Waals surface area (Å²) < 4.78 is 16.2. The van der Waals surface area contributed by atoms with Crippen LogP contribution in [0, 0.1) is 0 Å².